The maximum absolute atomic E-state index is 13.3. The number of hydrogen-bond donors (Lipinski definition) is 1. The van der Waals surface area contributed by atoms with E-state index in [1.165, 1.54) is 0 Å². The van der Waals surface area contributed by atoms with E-state index in [9.17, 15) is 4.79 Å². The monoisotopic (exact) mass is 483 g/mol. The fourth-order valence-corrected chi connectivity index (χ4v) is 4.50. The molecular formula is C26H34ClN5O2. The Morgan fingerprint density at radius 1 is 1.15 bits per heavy atom. The van der Waals surface area contributed by atoms with Crippen molar-refractivity contribution in [2.24, 2.45) is 0 Å². The number of carbonyl (C=O) groups is 1. The molecule has 2 aromatic carbocycles. The lowest BCUT2D eigenvalue weighted by atomic mass is 10.1. The highest BCUT2D eigenvalue weighted by Gasteiger charge is 2.18. The quantitative estimate of drug-likeness (QED) is 0.455. The molecule has 4 rings (SSSR count). The molecule has 1 aromatic heterocycles. The van der Waals surface area contributed by atoms with Crippen molar-refractivity contribution in [1.29, 1.82) is 0 Å². The van der Waals surface area contributed by atoms with Crippen LogP contribution in [0.1, 0.15) is 35.7 Å². The topological polar surface area (TPSA) is 64.8 Å². The van der Waals surface area contributed by atoms with E-state index < -0.39 is 0 Å². The van der Waals surface area contributed by atoms with Crippen LogP contribution in [0.4, 0.5) is 6.01 Å². The van der Waals surface area contributed by atoms with Gasteiger partial charge in [-0.1, -0.05) is 30.7 Å². The number of anilines is 1. The molecule has 0 atom stereocenters. The number of piperazine rings is 1. The minimum absolute atomic E-state index is 0.0542. The van der Waals surface area contributed by atoms with Crippen molar-refractivity contribution in [2.45, 2.75) is 26.3 Å². The molecule has 1 fully saturated rings. The van der Waals surface area contributed by atoms with Gasteiger partial charge in [0.2, 0.25) is 0 Å². The highest BCUT2D eigenvalue weighted by atomic mass is 35.5. The van der Waals surface area contributed by atoms with E-state index in [-0.39, 0.29) is 5.91 Å². The third-order valence-corrected chi connectivity index (χ3v) is 6.48. The van der Waals surface area contributed by atoms with Crippen molar-refractivity contribution in [1.82, 2.24) is 19.7 Å². The van der Waals surface area contributed by atoms with E-state index >= 15 is 0 Å². The molecule has 0 aliphatic carbocycles. The molecule has 1 amide bonds. The average Bonchev–Trinajstić information content (AvgIpc) is 3.25. The number of nitrogens with zero attached hydrogens (tertiary/aromatic N) is 4. The second-order valence-corrected chi connectivity index (χ2v) is 9.41. The van der Waals surface area contributed by atoms with Gasteiger partial charge in [-0.2, -0.15) is 4.98 Å². The third kappa shape index (κ3) is 6.50. The summed E-state index contributed by atoms with van der Waals surface area (Å²) in [6.07, 6.45) is 1.92. The van der Waals surface area contributed by atoms with Crippen LogP contribution >= 0.6 is 11.6 Å². The number of carbonyl (C=O) groups excluding carboxylic acids is 1. The molecule has 3 aromatic rings. The molecule has 2 heterocycles. The number of aromatic nitrogens is 1. The molecule has 1 saturated heterocycles. The van der Waals surface area contributed by atoms with Crippen LogP contribution < -0.4 is 5.32 Å². The van der Waals surface area contributed by atoms with Gasteiger partial charge in [0.1, 0.15) is 5.52 Å². The second kappa shape index (κ2) is 11.7. The van der Waals surface area contributed by atoms with Crippen LogP contribution in [0.5, 0.6) is 0 Å². The first-order chi connectivity index (χ1) is 16.5. The molecule has 1 aliphatic rings. The SMILES string of the molecule is CCCN(CCCN1CCN(C)CC1)C(=O)c1ccc2oc(NCc3cccc(Cl)c3)nc2c1. The normalized spacial score (nSPS) is 15.0. The number of fused-ring (bicyclic) bond motifs is 1. The van der Waals surface area contributed by atoms with Gasteiger partial charge in [0.05, 0.1) is 0 Å². The van der Waals surface area contributed by atoms with Gasteiger partial charge in [0.25, 0.3) is 11.9 Å². The number of hydrogen-bond acceptors (Lipinski definition) is 6. The lowest BCUT2D eigenvalue weighted by Crippen LogP contribution is -2.45. The van der Waals surface area contributed by atoms with Crippen LogP contribution in [0.3, 0.4) is 0 Å². The predicted molar refractivity (Wildman–Crippen MR) is 138 cm³/mol. The zero-order valence-corrected chi connectivity index (χ0v) is 20.9. The van der Waals surface area contributed by atoms with Crippen LogP contribution in [0.25, 0.3) is 11.1 Å². The molecule has 0 unspecified atom stereocenters. The molecule has 34 heavy (non-hydrogen) atoms. The molecule has 0 spiro atoms. The van der Waals surface area contributed by atoms with Crippen molar-refractivity contribution in [2.75, 3.05) is 58.2 Å². The molecule has 0 radical (unpaired) electrons. The smallest absolute Gasteiger partial charge is 0.295 e. The first-order valence-electron chi connectivity index (χ1n) is 12.1. The third-order valence-electron chi connectivity index (χ3n) is 6.25. The lowest BCUT2D eigenvalue weighted by Gasteiger charge is -2.33. The van der Waals surface area contributed by atoms with Gasteiger partial charge in [0, 0.05) is 56.4 Å². The van der Waals surface area contributed by atoms with E-state index in [0.717, 1.165) is 64.2 Å². The Bertz CT molecular complexity index is 1090. The molecule has 0 saturated carbocycles. The van der Waals surface area contributed by atoms with Gasteiger partial charge in [-0.25, -0.2) is 0 Å². The molecule has 182 valence electrons. The van der Waals surface area contributed by atoms with Crippen LogP contribution in [0.2, 0.25) is 5.02 Å². The van der Waals surface area contributed by atoms with Crippen LogP contribution in [0, 0.1) is 0 Å². The summed E-state index contributed by atoms with van der Waals surface area (Å²) >= 11 is 6.06. The largest absolute Gasteiger partial charge is 0.424 e. The fourth-order valence-electron chi connectivity index (χ4n) is 4.28. The van der Waals surface area contributed by atoms with E-state index in [4.69, 9.17) is 16.0 Å². The number of halogens is 1. The van der Waals surface area contributed by atoms with E-state index in [1.807, 2.05) is 47.4 Å². The zero-order valence-electron chi connectivity index (χ0n) is 20.1. The molecule has 1 N–H and O–H groups in total. The summed E-state index contributed by atoms with van der Waals surface area (Å²) in [5.74, 6) is 0.0542. The minimum atomic E-state index is 0.0542. The second-order valence-electron chi connectivity index (χ2n) is 8.98. The lowest BCUT2D eigenvalue weighted by molar-refractivity contribution is 0.0742. The average molecular weight is 484 g/mol. The van der Waals surface area contributed by atoms with Gasteiger partial charge in [-0.15, -0.1) is 0 Å². The van der Waals surface area contributed by atoms with Gasteiger partial charge in [-0.05, 0) is 62.3 Å². The highest BCUT2D eigenvalue weighted by molar-refractivity contribution is 6.30. The predicted octanol–water partition coefficient (Wildman–Crippen LogP) is 4.58. The van der Waals surface area contributed by atoms with E-state index in [1.54, 1.807) is 0 Å². The minimum Gasteiger partial charge on any atom is -0.424 e. The Balaban J connectivity index is 1.36. The van der Waals surface area contributed by atoms with Crippen LogP contribution in [-0.2, 0) is 6.54 Å². The Kier molecular flexibility index (Phi) is 8.43. The van der Waals surface area contributed by atoms with Crippen molar-refractivity contribution in [3.8, 4) is 0 Å². The van der Waals surface area contributed by atoms with Crippen molar-refractivity contribution in [3.05, 3.63) is 58.6 Å². The number of amides is 1. The Morgan fingerprint density at radius 2 is 1.97 bits per heavy atom. The molecule has 1 aliphatic heterocycles. The van der Waals surface area contributed by atoms with Gasteiger partial charge >= 0.3 is 0 Å². The number of rotatable bonds is 10. The first kappa shape index (κ1) is 24.5. The fraction of sp³-hybridized carbons (Fsp3) is 0.462. The first-order valence-corrected chi connectivity index (χ1v) is 12.5. The highest BCUT2D eigenvalue weighted by Crippen LogP contribution is 2.22. The number of likely N-dealkylation sites (N-methyl/N-ethyl adjacent to an activating group) is 1. The summed E-state index contributed by atoms with van der Waals surface area (Å²) in [5.41, 5.74) is 3.02. The summed E-state index contributed by atoms with van der Waals surface area (Å²) in [4.78, 5) is 24.6. The van der Waals surface area contributed by atoms with Crippen LogP contribution in [-0.4, -0.2) is 78.5 Å². The summed E-state index contributed by atoms with van der Waals surface area (Å²) < 4.78 is 5.81. The molecule has 8 heteroatoms. The van der Waals surface area contributed by atoms with Crippen molar-refractivity contribution >= 4 is 34.6 Å². The summed E-state index contributed by atoms with van der Waals surface area (Å²) in [6, 6.07) is 13.6. The summed E-state index contributed by atoms with van der Waals surface area (Å²) in [5, 5.41) is 3.89. The molecule has 7 nitrogen and oxygen atoms in total. The number of benzene rings is 2. The van der Waals surface area contributed by atoms with Gasteiger partial charge in [0.15, 0.2) is 5.58 Å². The molecular weight excluding hydrogens is 450 g/mol. The number of oxazole rings is 1. The van der Waals surface area contributed by atoms with Gasteiger partial charge < -0.3 is 24.4 Å². The zero-order chi connectivity index (χ0) is 23.9. The van der Waals surface area contributed by atoms with Crippen molar-refractivity contribution in [3.63, 3.8) is 0 Å². The van der Waals surface area contributed by atoms with Gasteiger partial charge in [-0.3, -0.25) is 4.79 Å². The summed E-state index contributed by atoms with van der Waals surface area (Å²) in [7, 11) is 2.17. The Hall–Kier alpha value is -2.61. The maximum atomic E-state index is 13.3. The molecule has 0 bridgehead atoms. The van der Waals surface area contributed by atoms with Crippen molar-refractivity contribution < 1.29 is 9.21 Å². The standard InChI is InChI=1S/C26H34ClN5O2/c1-3-10-32(12-5-11-31-15-13-30(2)14-16-31)25(33)21-8-9-24-23(18-21)29-26(34-24)28-19-20-6-4-7-22(27)17-20/h4,6-9,17-18H,3,5,10-16,19H2,1-2H3,(H,28,29). The Morgan fingerprint density at radius 3 is 2.74 bits per heavy atom. The number of nitrogens with one attached hydrogen (secondary N) is 1. The van der Waals surface area contributed by atoms with Crippen LogP contribution in [0.15, 0.2) is 46.9 Å². The van der Waals surface area contributed by atoms with E-state index in [2.05, 4.69) is 34.1 Å². The maximum Gasteiger partial charge on any atom is 0.295 e. The summed E-state index contributed by atoms with van der Waals surface area (Å²) in [6.45, 7) is 9.66. The van der Waals surface area contributed by atoms with E-state index in [0.29, 0.717) is 34.2 Å². The Labute approximate surface area is 206 Å².